The predicted octanol–water partition coefficient (Wildman–Crippen LogP) is 2.47. The van der Waals surface area contributed by atoms with Gasteiger partial charge in [0.25, 0.3) is 5.56 Å². The number of nitrogens with one attached hydrogen (secondary N) is 1. The number of halogens is 1. The minimum absolute atomic E-state index is 0.000408. The molecule has 1 N–H and O–H groups in total. The third-order valence-corrected chi connectivity index (χ3v) is 3.70. The van der Waals surface area contributed by atoms with Gasteiger partial charge in [0.15, 0.2) is 0 Å². The van der Waals surface area contributed by atoms with Crippen molar-refractivity contribution in [1.29, 1.82) is 0 Å². The Morgan fingerprint density at radius 2 is 2.19 bits per heavy atom. The molecule has 21 heavy (non-hydrogen) atoms. The molecule has 5 nitrogen and oxygen atoms in total. The van der Waals surface area contributed by atoms with E-state index < -0.39 is 0 Å². The Bertz CT molecular complexity index is 697. The summed E-state index contributed by atoms with van der Waals surface area (Å²) >= 11 is 3.34. The number of carbonyl (C=O) groups excluding carboxylic acids is 1. The normalized spacial score (nSPS) is 10.8. The van der Waals surface area contributed by atoms with Crippen LogP contribution in [0.3, 0.4) is 0 Å². The molecule has 0 atom stereocenters. The Hall–Kier alpha value is -1.69. The van der Waals surface area contributed by atoms with E-state index in [1.54, 1.807) is 12.1 Å². The predicted molar refractivity (Wildman–Crippen MR) is 86.2 cm³/mol. The van der Waals surface area contributed by atoms with E-state index in [0.29, 0.717) is 17.4 Å². The van der Waals surface area contributed by atoms with Crippen LogP contribution in [0.1, 0.15) is 26.2 Å². The zero-order valence-electron chi connectivity index (χ0n) is 11.9. The molecule has 0 fully saturated rings. The number of fused-ring (bicyclic) bond motifs is 1. The molecule has 1 amide bonds. The molecular formula is C15H18BrN3O2. The summed E-state index contributed by atoms with van der Waals surface area (Å²) in [4.78, 5) is 28.3. The van der Waals surface area contributed by atoms with Crippen molar-refractivity contribution in [2.24, 2.45) is 0 Å². The maximum absolute atomic E-state index is 12.3. The smallest absolute Gasteiger partial charge is 0.261 e. The van der Waals surface area contributed by atoms with Crippen LogP contribution in [0.15, 0.2) is 33.8 Å². The molecule has 2 aromatic rings. The second-order valence-corrected chi connectivity index (χ2v) is 5.81. The van der Waals surface area contributed by atoms with E-state index in [-0.39, 0.29) is 18.0 Å². The van der Waals surface area contributed by atoms with Gasteiger partial charge in [0.05, 0.1) is 17.2 Å². The molecule has 0 aliphatic rings. The van der Waals surface area contributed by atoms with Crippen molar-refractivity contribution in [2.75, 3.05) is 6.54 Å². The van der Waals surface area contributed by atoms with Crippen LogP contribution in [0, 0.1) is 0 Å². The number of amides is 1. The molecule has 1 heterocycles. The first-order valence-electron chi connectivity index (χ1n) is 7.03. The van der Waals surface area contributed by atoms with Crippen LogP contribution in [-0.4, -0.2) is 22.0 Å². The second kappa shape index (κ2) is 7.36. The maximum atomic E-state index is 12.3. The average molecular weight is 352 g/mol. The van der Waals surface area contributed by atoms with Gasteiger partial charge in [0, 0.05) is 11.0 Å². The van der Waals surface area contributed by atoms with E-state index in [1.807, 2.05) is 6.07 Å². The summed E-state index contributed by atoms with van der Waals surface area (Å²) in [5.41, 5.74) is 0.424. The molecule has 0 saturated carbocycles. The molecular weight excluding hydrogens is 334 g/mol. The number of aromatic nitrogens is 2. The van der Waals surface area contributed by atoms with Crippen LogP contribution in [-0.2, 0) is 11.3 Å². The Morgan fingerprint density at radius 3 is 2.95 bits per heavy atom. The van der Waals surface area contributed by atoms with Crippen LogP contribution in [0.25, 0.3) is 10.9 Å². The summed E-state index contributed by atoms with van der Waals surface area (Å²) in [5.74, 6) is -0.163. The van der Waals surface area contributed by atoms with Gasteiger partial charge >= 0.3 is 0 Å². The van der Waals surface area contributed by atoms with Crippen LogP contribution < -0.4 is 10.9 Å². The van der Waals surface area contributed by atoms with Crippen LogP contribution in [0.2, 0.25) is 0 Å². The summed E-state index contributed by atoms with van der Waals surface area (Å²) < 4.78 is 2.15. The van der Waals surface area contributed by atoms with Gasteiger partial charge in [-0.05, 0) is 24.6 Å². The number of carbonyl (C=O) groups is 1. The largest absolute Gasteiger partial charge is 0.355 e. The molecule has 0 saturated heterocycles. The summed E-state index contributed by atoms with van der Waals surface area (Å²) in [6.45, 7) is 2.76. The molecule has 1 aromatic carbocycles. The SMILES string of the molecule is CCCCCNC(=O)Cn1cnc2ccc(Br)cc2c1=O. The van der Waals surface area contributed by atoms with Crippen molar-refractivity contribution in [3.8, 4) is 0 Å². The Labute approximate surface area is 131 Å². The van der Waals surface area contributed by atoms with Gasteiger partial charge in [-0.15, -0.1) is 0 Å². The van der Waals surface area contributed by atoms with Crippen LogP contribution in [0.5, 0.6) is 0 Å². The van der Waals surface area contributed by atoms with Gasteiger partial charge in [-0.25, -0.2) is 4.98 Å². The fraction of sp³-hybridized carbons (Fsp3) is 0.400. The molecule has 0 spiro atoms. The standard InChI is InChI=1S/C15H18BrN3O2/c1-2-3-4-7-17-14(20)9-19-10-18-13-6-5-11(16)8-12(13)15(19)21/h5-6,8,10H,2-4,7,9H2,1H3,(H,17,20). The highest BCUT2D eigenvalue weighted by atomic mass is 79.9. The summed E-state index contributed by atoms with van der Waals surface area (Å²) in [5, 5.41) is 3.32. The number of rotatable bonds is 6. The van der Waals surface area contributed by atoms with Crippen molar-refractivity contribution < 1.29 is 4.79 Å². The molecule has 1 aromatic heterocycles. The summed E-state index contributed by atoms with van der Waals surface area (Å²) in [6.07, 6.45) is 4.58. The van der Waals surface area contributed by atoms with Crippen molar-refractivity contribution in [3.05, 3.63) is 39.4 Å². The first-order valence-corrected chi connectivity index (χ1v) is 7.82. The molecule has 112 valence electrons. The van der Waals surface area contributed by atoms with E-state index in [9.17, 15) is 9.59 Å². The highest BCUT2D eigenvalue weighted by molar-refractivity contribution is 9.10. The van der Waals surface area contributed by atoms with Gasteiger partial charge in [0.1, 0.15) is 6.54 Å². The third-order valence-electron chi connectivity index (χ3n) is 3.20. The van der Waals surface area contributed by atoms with Gasteiger partial charge in [-0.2, -0.15) is 0 Å². The minimum atomic E-state index is -0.204. The summed E-state index contributed by atoms with van der Waals surface area (Å²) in [6, 6.07) is 5.33. The van der Waals surface area contributed by atoms with Crippen molar-refractivity contribution in [1.82, 2.24) is 14.9 Å². The molecule has 0 radical (unpaired) electrons. The average Bonchev–Trinajstić information content (AvgIpc) is 2.47. The number of nitrogens with zero attached hydrogens (tertiary/aromatic N) is 2. The zero-order chi connectivity index (χ0) is 15.2. The lowest BCUT2D eigenvalue weighted by atomic mass is 10.2. The van der Waals surface area contributed by atoms with E-state index in [0.717, 1.165) is 23.7 Å². The van der Waals surface area contributed by atoms with Gasteiger partial charge < -0.3 is 5.32 Å². The quantitative estimate of drug-likeness (QED) is 0.813. The molecule has 2 rings (SSSR count). The number of unbranched alkanes of at least 4 members (excludes halogenated alkanes) is 2. The second-order valence-electron chi connectivity index (χ2n) is 4.90. The molecule has 6 heteroatoms. The molecule has 0 aliphatic carbocycles. The van der Waals surface area contributed by atoms with Gasteiger partial charge in [-0.3, -0.25) is 14.2 Å². The lowest BCUT2D eigenvalue weighted by Gasteiger charge is -2.08. The Morgan fingerprint density at radius 1 is 1.38 bits per heavy atom. The zero-order valence-corrected chi connectivity index (χ0v) is 13.5. The molecule has 0 unspecified atom stereocenters. The van der Waals surface area contributed by atoms with Crippen molar-refractivity contribution in [3.63, 3.8) is 0 Å². The van der Waals surface area contributed by atoms with E-state index in [4.69, 9.17) is 0 Å². The molecule has 0 aliphatic heterocycles. The minimum Gasteiger partial charge on any atom is -0.355 e. The van der Waals surface area contributed by atoms with Crippen molar-refractivity contribution in [2.45, 2.75) is 32.7 Å². The topological polar surface area (TPSA) is 64.0 Å². The maximum Gasteiger partial charge on any atom is 0.261 e. The van der Waals surface area contributed by atoms with Gasteiger partial charge in [0.2, 0.25) is 5.91 Å². The third kappa shape index (κ3) is 4.14. The lowest BCUT2D eigenvalue weighted by molar-refractivity contribution is -0.121. The number of hydrogen-bond donors (Lipinski definition) is 1. The highest BCUT2D eigenvalue weighted by Gasteiger charge is 2.08. The van der Waals surface area contributed by atoms with Crippen molar-refractivity contribution >= 4 is 32.7 Å². The highest BCUT2D eigenvalue weighted by Crippen LogP contribution is 2.14. The monoisotopic (exact) mass is 351 g/mol. The van der Waals surface area contributed by atoms with E-state index >= 15 is 0 Å². The number of benzene rings is 1. The number of hydrogen-bond acceptors (Lipinski definition) is 3. The fourth-order valence-corrected chi connectivity index (χ4v) is 2.42. The Balaban J connectivity index is 2.10. The van der Waals surface area contributed by atoms with Crippen LogP contribution in [0.4, 0.5) is 0 Å². The van der Waals surface area contributed by atoms with E-state index in [2.05, 4.69) is 33.2 Å². The fourth-order valence-electron chi connectivity index (χ4n) is 2.06. The Kier molecular flexibility index (Phi) is 5.50. The molecule has 0 bridgehead atoms. The van der Waals surface area contributed by atoms with Crippen LogP contribution >= 0.6 is 15.9 Å². The van der Waals surface area contributed by atoms with E-state index in [1.165, 1.54) is 10.9 Å². The first-order chi connectivity index (χ1) is 10.1. The lowest BCUT2D eigenvalue weighted by Crippen LogP contribution is -2.33. The first kappa shape index (κ1) is 15.7. The summed E-state index contributed by atoms with van der Waals surface area (Å²) in [7, 11) is 0. The van der Waals surface area contributed by atoms with Gasteiger partial charge in [-0.1, -0.05) is 35.7 Å².